The fourth-order valence-electron chi connectivity index (χ4n) is 2.34. The van der Waals surface area contributed by atoms with E-state index in [1.54, 1.807) is 24.3 Å². The Balaban J connectivity index is 2.56. The zero-order valence-corrected chi connectivity index (χ0v) is 15.1. The van der Waals surface area contributed by atoms with Gasteiger partial charge >= 0.3 is 0 Å². The van der Waals surface area contributed by atoms with Crippen molar-refractivity contribution in [3.05, 3.63) is 46.5 Å². The quantitative estimate of drug-likeness (QED) is 0.790. The minimum Gasteiger partial charge on any atom is -0.493 e. The Kier molecular flexibility index (Phi) is 5.88. The van der Waals surface area contributed by atoms with E-state index < -0.39 is 5.91 Å². The standard InChI is InChI=1S/C18H18ClNO5/c1-10(21)13-9-14(23-2)16(24-3)17(25-4)15(13)20-18(22)11-5-7-12(19)8-6-11/h5-9H,1-4H3,(H,20,22). The number of nitrogens with one attached hydrogen (secondary N) is 1. The normalized spacial score (nSPS) is 10.1. The molecule has 0 radical (unpaired) electrons. The van der Waals surface area contributed by atoms with Crippen LogP contribution in [0.2, 0.25) is 5.02 Å². The molecular formula is C18H18ClNO5. The Hall–Kier alpha value is -2.73. The molecule has 132 valence electrons. The summed E-state index contributed by atoms with van der Waals surface area (Å²) in [6, 6.07) is 7.88. The number of rotatable bonds is 6. The monoisotopic (exact) mass is 363 g/mol. The predicted molar refractivity (Wildman–Crippen MR) is 95.5 cm³/mol. The molecule has 0 atom stereocenters. The first-order valence-corrected chi connectivity index (χ1v) is 7.71. The van der Waals surface area contributed by atoms with Crippen LogP contribution in [0.5, 0.6) is 17.2 Å². The Morgan fingerprint density at radius 1 is 0.960 bits per heavy atom. The number of Topliss-reactive ketones (excluding diaryl/α,β-unsaturated/α-hetero) is 1. The maximum absolute atomic E-state index is 12.5. The van der Waals surface area contributed by atoms with Gasteiger partial charge in [0.25, 0.3) is 5.91 Å². The van der Waals surface area contributed by atoms with Gasteiger partial charge in [-0.3, -0.25) is 9.59 Å². The fraction of sp³-hybridized carbons (Fsp3) is 0.222. The average molecular weight is 364 g/mol. The summed E-state index contributed by atoms with van der Waals surface area (Å²) in [4.78, 5) is 24.6. The number of ether oxygens (including phenoxy) is 3. The van der Waals surface area contributed by atoms with E-state index in [1.165, 1.54) is 34.3 Å². The number of carbonyl (C=O) groups excluding carboxylic acids is 2. The third kappa shape index (κ3) is 3.85. The van der Waals surface area contributed by atoms with E-state index in [9.17, 15) is 9.59 Å². The van der Waals surface area contributed by atoms with Gasteiger partial charge in [0.05, 0.1) is 27.0 Å². The first-order valence-electron chi connectivity index (χ1n) is 7.33. The van der Waals surface area contributed by atoms with Crippen molar-refractivity contribution in [2.75, 3.05) is 26.6 Å². The first kappa shape index (κ1) is 18.6. The lowest BCUT2D eigenvalue weighted by atomic mass is 10.1. The molecule has 0 saturated heterocycles. The van der Waals surface area contributed by atoms with Crippen molar-refractivity contribution in [1.29, 1.82) is 0 Å². The highest BCUT2D eigenvalue weighted by molar-refractivity contribution is 6.30. The fourth-order valence-corrected chi connectivity index (χ4v) is 2.47. The number of amides is 1. The molecule has 0 spiro atoms. The van der Waals surface area contributed by atoms with Crippen molar-refractivity contribution in [2.24, 2.45) is 0 Å². The Labute approximate surface area is 150 Å². The number of ketones is 1. The zero-order valence-electron chi connectivity index (χ0n) is 14.3. The van der Waals surface area contributed by atoms with Crippen LogP contribution in [0.1, 0.15) is 27.6 Å². The van der Waals surface area contributed by atoms with E-state index in [-0.39, 0.29) is 28.5 Å². The molecule has 0 saturated carbocycles. The van der Waals surface area contributed by atoms with Gasteiger partial charge in [0.15, 0.2) is 17.3 Å². The number of hydrogen-bond acceptors (Lipinski definition) is 5. The van der Waals surface area contributed by atoms with Gasteiger partial charge in [-0.25, -0.2) is 0 Å². The molecule has 0 unspecified atom stereocenters. The smallest absolute Gasteiger partial charge is 0.255 e. The van der Waals surface area contributed by atoms with Gasteiger partial charge in [0, 0.05) is 16.1 Å². The Morgan fingerprint density at radius 2 is 1.56 bits per heavy atom. The lowest BCUT2D eigenvalue weighted by molar-refractivity contribution is 0.101. The first-order chi connectivity index (χ1) is 11.9. The minimum atomic E-state index is -0.412. The van der Waals surface area contributed by atoms with Crippen LogP contribution in [0.25, 0.3) is 0 Å². The second-order valence-electron chi connectivity index (χ2n) is 5.09. The van der Waals surface area contributed by atoms with E-state index in [1.807, 2.05) is 0 Å². The molecular weight excluding hydrogens is 346 g/mol. The summed E-state index contributed by atoms with van der Waals surface area (Å²) in [5, 5.41) is 3.23. The molecule has 25 heavy (non-hydrogen) atoms. The second-order valence-corrected chi connectivity index (χ2v) is 5.52. The summed E-state index contributed by atoms with van der Waals surface area (Å²) in [5.74, 6) is 0.139. The van der Waals surface area contributed by atoms with E-state index in [0.717, 1.165) is 0 Å². The van der Waals surface area contributed by atoms with Crippen molar-refractivity contribution in [3.8, 4) is 17.2 Å². The number of anilines is 1. The SMILES string of the molecule is COc1cc(C(C)=O)c(NC(=O)c2ccc(Cl)cc2)c(OC)c1OC. The molecule has 0 aliphatic carbocycles. The highest BCUT2D eigenvalue weighted by atomic mass is 35.5. The molecule has 0 bridgehead atoms. The molecule has 2 aromatic rings. The summed E-state index contributed by atoms with van der Waals surface area (Å²) in [7, 11) is 4.31. The van der Waals surface area contributed by atoms with Crippen molar-refractivity contribution in [3.63, 3.8) is 0 Å². The number of halogens is 1. The third-order valence-corrected chi connectivity index (χ3v) is 3.81. The van der Waals surface area contributed by atoms with Gasteiger partial charge in [0.2, 0.25) is 5.75 Å². The van der Waals surface area contributed by atoms with Gasteiger partial charge in [0.1, 0.15) is 0 Å². The number of methoxy groups -OCH3 is 3. The van der Waals surface area contributed by atoms with Crippen LogP contribution in [0.15, 0.2) is 30.3 Å². The molecule has 0 heterocycles. The maximum Gasteiger partial charge on any atom is 0.255 e. The molecule has 6 nitrogen and oxygen atoms in total. The van der Waals surface area contributed by atoms with Crippen LogP contribution in [-0.2, 0) is 0 Å². The lowest BCUT2D eigenvalue weighted by Gasteiger charge is -2.19. The van der Waals surface area contributed by atoms with E-state index >= 15 is 0 Å². The molecule has 1 N–H and O–H groups in total. The maximum atomic E-state index is 12.5. The molecule has 0 aromatic heterocycles. The predicted octanol–water partition coefficient (Wildman–Crippen LogP) is 3.82. The highest BCUT2D eigenvalue weighted by Crippen LogP contribution is 2.45. The van der Waals surface area contributed by atoms with Crippen LogP contribution in [0, 0.1) is 0 Å². The van der Waals surface area contributed by atoms with Crippen LogP contribution < -0.4 is 19.5 Å². The summed E-state index contributed by atoms with van der Waals surface area (Å²) in [6.45, 7) is 1.39. The largest absolute Gasteiger partial charge is 0.493 e. The average Bonchev–Trinajstić information content (AvgIpc) is 2.60. The molecule has 0 fully saturated rings. The van der Waals surface area contributed by atoms with Crippen molar-refractivity contribution < 1.29 is 23.8 Å². The number of carbonyl (C=O) groups is 2. The summed E-state index contributed by atoms with van der Waals surface area (Å²) >= 11 is 5.84. The van der Waals surface area contributed by atoms with E-state index in [0.29, 0.717) is 16.3 Å². The molecule has 2 rings (SSSR count). The van der Waals surface area contributed by atoms with Gasteiger partial charge in [-0.2, -0.15) is 0 Å². The number of hydrogen-bond donors (Lipinski definition) is 1. The van der Waals surface area contributed by atoms with Crippen LogP contribution in [-0.4, -0.2) is 33.0 Å². The Morgan fingerprint density at radius 3 is 2.04 bits per heavy atom. The van der Waals surface area contributed by atoms with Crippen molar-refractivity contribution in [2.45, 2.75) is 6.92 Å². The van der Waals surface area contributed by atoms with Gasteiger partial charge in [-0.05, 0) is 37.3 Å². The van der Waals surface area contributed by atoms with Crippen molar-refractivity contribution >= 4 is 29.0 Å². The van der Waals surface area contributed by atoms with Gasteiger partial charge < -0.3 is 19.5 Å². The summed E-state index contributed by atoms with van der Waals surface area (Å²) in [6.07, 6.45) is 0. The summed E-state index contributed by atoms with van der Waals surface area (Å²) < 4.78 is 15.9. The van der Waals surface area contributed by atoms with Crippen LogP contribution >= 0.6 is 11.6 Å². The van der Waals surface area contributed by atoms with E-state index in [4.69, 9.17) is 25.8 Å². The molecule has 1 amide bonds. The zero-order chi connectivity index (χ0) is 18.6. The summed E-state index contributed by atoms with van der Waals surface area (Å²) in [5.41, 5.74) is 0.847. The van der Waals surface area contributed by atoms with E-state index in [2.05, 4.69) is 5.32 Å². The number of benzene rings is 2. The molecule has 7 heteroatoms. The van der Waals surface area contributed by atoms with Gasteiger partial charge in [-0.1, -0.05) is 11.6 Å². The molecule has 0 aliphatic heterocycles. The molecule has 2 aromatic carbocycles. The Bertz CT molecular complexity index is 802. The lowest BCUT2D eigenvalue weighted by Crippen LogP contribution is -2.16. The highest BCUT2D eigenvalue weighted by Gasteiger charge is 2.24. The van der Waals surface area contributed by atoms with Crippen LogP contribution in [0.3, 0.4) is 0 Å². The molecule has 0 aliphatic rings. The van der Waals surface area contributed by atoms with Crippen LogP contribution in [0.4, 0.5) is 5.69 Å². The topological polar surface area (TPSA) is 73.9 Å². The second kappa shape index (κ2) is 7.90. The van der Waals surface area contributed by atoms with Gasteiger partial charge in [-0.15, -0.1) is 0 Å². The third-order valence-electron chi connectivity index (χ3n) is 3.55. The van der Waals surface area contributed by atoms with Crippen molar-refractivity contribution in [1.82, 2.24) is 0 Å². The minimum absolute atomic E-state index is 0.203.